The van der Waals surface area contributed by atoms with Crippen molar-refractivity contribution in [2.24, 2.45) is 0 Å². The van der Waals surface area contributed by atoms with Crippen LogP contribution in [-0.4, -0.2) is 28.9 Å². The summed E-state index contributed by atoms with van der Waals surface area (Å²) >= 11 is 1.59. The molecule has 1 amide bonds. The third kappa shape index (κ3) is 2.16. The fourth-order valence-electron chi connectivity index (χ4n) is 2.25. The van der Waals surface area contributed by atoms with Gasteiger partial charge in [0.1, 0.15) is 5.01 Å². The predicted molar refractivity (Wildman–Crippen MR) is 72.7 cm³/mol. The second kappa shape index (κ2) is 4.90. The fourth-order valence-corrected chi connectivity index (χ4v) is 2.89. The molecule has 0 unspecified atom stereocenters. The number of carbonyl (C=O) groups excluding carboxylic acids is 1. The van der Waals surface area contributed by atoms with Gasteiger partial charge < -0.3 is 4.90 Å². The molecule has 18 heavy (non-hydrogen) atoms. The molecule has 0 spiro atoms. The summed E-state index contributed by atoms with van der Waals surface area (Å²) < 4.78 is 0. The first kappa shape index (κ1) is 11.4. The summed E-state index contributed by atoms with van der Waals surface area (Å²) in [6.07, 6.45) is 4.03. The molecule has 0 bridgehead atoms. The molecule has 0 N–H and O–H groups in total. The van der Waals surface area contributed by atoms with Gasteiger partial charge in [0.05, 0.1) is 0 Å². The van der Waals surface area contributed by atoms with Crippen LogP contribution in [0.1, 0.15) is 23.2 Å². The molecule has 1 aromatic carbocycles. The topological polar surface area (TPSA) is 33.2 Å². The summed E-state index contributed by atoms with van der Waals surface area (Å²) in [5.74, 6) is 0.144. The first-order valence-corrected chi connectivity index (χ1v) is 7.02. The molecular weight excluding hydrogens is 244 g/mol. The van der Waals surface area contributed by atoms with Crippen LogP contribution >= 0.6 is 11.3 Å². The maximum Gasteiger partial charge on any atom is 0.253 e. The summed E-state index contributed by atoms with van der Waals surface area (Å²) in [5, 5.41) is 2.91. The standard InChI is InChI=1S/C14H14N2OS/c17-14(16-7-1-2-8-16)12-5-3-4-11(10-12)13-15-6-9-18-13/h3-6,9-10H,1-2,7-8H2. The van der Waals surface area contributed by atoms with Crippen molar-refractivity contribution in [1.82, 2.24) is 9.88 Å². The van der Waals surface area contributed by atoms with Crippen molar-refractivity contribution in [3.8, 4) is 10.6 Å². The Balaban J connectivity index is 1.89. The number of hydrogen-bond acceptors (Lipinski definition) is 3. The first-order valence-electron chi connectivity index (χ1n) is 6.14. The average molecular weight is 258 g/mol. The number of benzene rings is 1. The van der Waals surface area contributed by atoms with Gasteiger partial charge >= 0.3 is 0 Å². The largest absolute Gasteiger partial charge is 0.339 e. The van der Waals surface area contributed by atoms with Gasteiger partial charge in [0.25, 0.3) is 5.91 Å². The summed E-state index contributed by atoms with van der Waals surface area (Å²) in [7, 11) is 0. The predicted octanol–water partition coefficient (Wildman–Crippen LogP) is 3.05. The molecular formula is C14H14N2OS. The smallest absolute Gasteiger partial charge is 0.253 e. The third-order valence-corrected chi connectivity index (χ3v) is 4.00. The zero-order chi connectivity index (χ0) is 12.4. The SMILES string of the molecule is O=C(c1cccc(-c2nccs2)c1)N1CCCC1. The molecule has 92 valence electrons. The number of nitrogens with zero attached hydrogens (tertiary/aromatic N) is 2. The Bertz CT molecular complexity index is 545. The van der Waals surface area contributed by atoms with Crippen molar-refractivity contribution in [1.29, 1.82) is 0 Å². The Morgan fingerprint density at radius 3 is 2.83 bits per heavy atom. The van der Waals surface area contributed by atoms with Crippen molar-refractivity contribution >= 4 is 17.2 Å². The summed E-state index contributed by atoms with van der Waals surface area (Å²) in [4.78, 5) is 18.5. The highest BCUT2D eigenvalue weighted by Crippen LogP contribution is 2.23. The van der Waals surface area contributed by atoms with E-state index >= 15 is 0 Å². The Morgan fingerprint density at radius 2 is 2.11 bits per heavy atom. The molecule has 0 saturated carbocycles. The number of aromatic nitrogens is 1. The van der Waals surface area contributed by atoms with Gasteiger partial charge in [-0.25, -0.2) is 4.98 Å². The van der Waals surface area contributed by atoms with Crippen LogP contribution in [0, 0.1) is 0 Å². The monoisotopic (exact) mass is 258 g/mol. The molecule has 0 radical (unpaired) electrons. The minimum absolute atomic E-state index is 0.144. The van der Waals surface area contributed by atoms with Gasteiger partial charge in [-0.1, -0.05) is 12.1 Å². The number of rotatable bonds is 2. The number of carbonyl (C=O) groups is 1. The van der Waals surface area contributed by atoms with Crippen LogP contribution in [0.2, 0.25) is 0 Å². The summed E-state index contributed by atoms with van der Waals surface area (Å²) in [5.41, 5.74) is 1.79. The molecule has 1 aliphatic rings. The molecule has 0 atom stereocenters. The number of thiazole rings is 1. The molecule has 3 rings (SSSR count). The summed E-state index contributed by atoms with van der Waals surface area (Å²) in [6.45, 7) is 1.78. The Labute approximate surface area is 110 Å². The number of amides is 1. The van der Waals surface area contributed by atoms with Gasteiger partial charge in [0, 0.05) is 35.8 Å². The van der Waals surface area contributed by atoms with E-state index in [0.717, 1.165) is 42.1 Å². The Kier molecular flexibility index (Phi) is 3.11. The van der Waals surface area contributed by atoms with E-state index in [2.05, 4.69) is 4.98 Å². The Hall–Kier alpha value is -1.68. The molecule has 1 aromatic heterocycles. The van der Waals surface area contributed by atoms with E-state index in [4.69, 9.17) is 0 Å². The van der Waals surface area contributed by atoms with E-state index in [0.29, 0.717) is 0 Å². The van der Waals surface area contributed by atoms with E-state index < -0.39 is 0 Å². The van der Waals surface area contributed by atoms with E-state index in [1.807, 2.05) is 34.5 Å². The number of likely N-dealkylation sites (tertiary alicyclic amines) is 1. The maximum absolute atomic E-state index is 12.3. The van der Waals surface area contributed by atoms with Crippen LogP contribution in [0.5, 0.6) is 0 Å². The van der Waals surface area contributed by atoms with E-state index in [1.54, 1.807) is 17.5 Å². The second-order valence-electron chi connectivity index (χ2n) is 4.42. The molecule has 2 heterocycles. The molecule has 2 aromatic rings. The normalized spacial score (nSPS) is 15.0. The van der Waals surface area contributed by atoms with Crippen LogP contribution in [-0.2, 0) is 0 Å². The van der Waals surface area contributed by atoms with Gasteiger partial charge in [-0.3, -0.25) is 4.79 Å². The van der Waals surface area contributed by atoms with Crippen LogP contribution < -0.4 is 0 Å². The quantitative estimate of drug-likeness (QED) is 0.829. The number of hydrogen-bond donors (Lipinski definition) is 0. The van der Waals surface area contributed by atoms with Gasteiger partial charge in [-0.05, 0) is 25.0 Å². The molecule has 1 aliphatic heterocycles. The zero-order valence-corrected chi connectivity index (χ0v) is 10.8. The first-order chi connectivity index (χ1) is 8.84. The average Bonchev–Trinajstić information content (AvgIpc) is 3.11. The maximum atomic E-state index is 12.3. The van der Waals surface area contributed by atoms with Crippen molar-refractivity contribution < 1.29 is 4.79 Å². The molecule has 3 nitrogen and oxygen atoms in total. The van der Waals surface area contributed by atoms with Crippen molar-refractivity contribution in [3.63, 3.8) is 0 Å². The van der Waals surface area contributed by atoms with Gasteiger partial charge in [-0.2, -0.15) is 0 Å². The van der Waals surface area contributed by atoms with E-state index in [1.165, 1.54) is 0 Å². The Morgan fingerprint density at radius 1 is 1.28 bits per heavy atom. The van der Waals surface area contributed by atoms with Gasteiger partial charge in [0.2, 0.25) is 0 Å². The van der Waals surface area contributed by atoms with Crippen molar-refractivity contribution in [3.05, 3.63) is 41.4 Å². The summed E-state index contributed by atoms with van der Waals surface area (Å²) in [6, 6.07) is 7.76. The van der Waals surface area contributed by atoms with E-state index in [-0.39, 0.29) is 5.91 Å². The minimum Gasteiger partial charge on any atom is -0.339 e. The van der Waals surface area contributed by atoms with E-state index in [9.17, 15) is 4.79 Å². The molecule has 4 heteroatoms. The molecule has 1 fully saturated rings. The highest BCUT2D eigenvalue weighted by Gasteiger charge is 2.19. The van der Waals surface area contributed by atoms with Crippen LogP contribution in [0.25, 0.3) is 10.6 Å². The lowest BCUT2D eigenvalue weighted by Crippen LogP contribution is -2.27. The third-order valence-electron chi connectivity index (χ3n) is 3.18. The molecule has 0 aliphatic carbocycles. The second-order valence-corrected chi connectivity index (χ2v) is 5.31. The van der Waals surface area contributed by atoms with Gasteiger partial charge in [0.15, 0.2) is 0 Å². The lowest BCUT2D eigenvalue weighted by atomic mass is 10.1. The van der Waals surface area contributed by atoms with Crippen LogP contribution in [0.3, 0.4) is 0 Å². The van der Waals surface area contributed by atoms with Crippen LogP contribution in [0.15, 0.2) is 35.8 Å². The lowest BCUT2D eigenvalue weighted by Gasteiger charge is -2.15. The highest BCUT2D eigenvalue weighted by molar-refractivity contribution is 7.13. The van der Waals surface area contributed by atoms with Crippen molar-refractivity contribution in [2.75, 3.05) is 13.1 Å². The van der Waals surface area contributed by atoms with Crippen molar-refractivity contribution in [2.45, 2.75) is 12.8 Å². The van der Waals surface area contributed by atoms with Crippen LogP contribution in [0.4, 0.5) is 0 Å². The highest BCUT2D eigenvalue weighted by atomic mass is 32.1. The minimum atomic E-state index is 0.144. The fraction of sp³-hybridized carbons (Fsp3) is 0.286. The molecule has 1 saturated heterocycles. The zero-order valence-electron chi connectivity index (χ0n) is 10.0. The van der Waals surface area contributed by atoms with Gasteiger partial charge in [-0.15, -0.1) is 11.3 Å². The lowest BCUT2D eigenvalue weighted by molar-refractivity contribution is 0.0793.